The number of anilines is 1. The maximum absolute atomic E-state index is 14.2. The molecule has 3 aromatic rings. The number of benzene rings is 2. The average molecular weight is 311 g/mol. The number of nitrogens with zero attached hydrogens (tertiary/aromatic N) is 1. The van der Waals surface area contributed by atoms with Gasteiger partial charge in [0.05, 0.1) is 10.6 Å². The number of rotatable bonds is 1. The average Bonchev–Trinajstić information content (AvgIpc) is 2.98. The van der Waals surface area contributed by atoms with Gasteiger partial charge in [-0.25, -0.2) is 4.39 Å². The van der Waals surface area contributed by atoms with Crippen LogP contribution in [0.1, 0.15) is 21.7 Å². The van der Waals surface area contributed by atoms with Crippen LogP contribution in [-0.2, 0) is 6.42 Å². The number of halogens is 1. The van der Waals surface area contributed by atoms with Crippen LogP contribution in [0.4, 0.5) is 10.1 Å². The van der Waals surface area contributed by atoms with Crippen LogP contribution in [0.15, 0.2) is 48.5 Å². The summed E-state index contributed by atoms with van der Waals surface area (Å²) in [6, 6.07) is 14.9. The van der Waals surface area contributed by atoms with Gasteiger partial charge in [0, 0.05) is 11.2 Å². The van der Waals surface area contributed by atoms with Gasteiger partial charge in [-0.2, -0.15) is 0 Å². The number of carbonyl (C=O) groups excluding carboxylic acids is 1. The summed E-state index contributed by atoms with van der Waals surface area (Å²) in [6.45, 7) is 0.570. The monoisotopic (exact) mass is 311 g/mol. The zero-order chi connectivity index (χ0) is 15.1. The van der Waals surface area contributed by atoms with Gasteiger partial charge >= 0.3 is 0 Å². The van der Waals surface area contributed by atoms with E-state index in [9.17, 15) is 9.18 Å². The molecule has 0 saturated heterocycles. The van der Waals surface area contributed by atoms with E-state index in [1.165, 1.54) is 17.4 Å². The van der Waals surface area contributed by atoms with E-state index in [4.69, 9.17) is 0 Å². The SMILES string of the molecule is O=C(c1cc2ccccc2s1)N1CCCc2cccc(F)c21. The van der Waals surface area contributed by atoms with Crippen LogP contribution in [0.3, 0.4) is 0 Å². The maximum Gasteiger partial charge on any atom is 0.268 e. The third-order valence-corrected chi connectivity index (χ3v) is 5.15. The summed E-state index contributed by atoms with van der Waals surface area (Å²) in [7, 11) is 0. The molecule has 0 saturated carbocycles. The normalized spacial score (nSPS) is 14.1. The predicted molar refractivity (Wildman–Crippen MR) is 88.2 cm³/mol. The number of thiophene rings is 1. The quantitative estimate of drug-likeness (QED) is 0.641. The molecule has 0 N–H and O–H groups in total. The number of para-hydroxylation sites is 1. The van der Waals surface area contributed by atoms with Crippen LogP contribution in [0, 0.1) is 5.82 Å². The molecule has 1 aromatic heterocycles. The van der Waals surface area contributed by atoms with Crippen LogP contribution in [-0.4, -0.2) is 12.5 Å². The highest BCUT2D eigenvalue weighted by atomic mass is 32.1. The number of carbonyl (C=O) groups is 1. The Kier molecular flexibility index (Phi) is 3.19. The van der Waals surface area contributed by atoms with Gasteiger partial charge in [-0.1, -0.05) is 30.3 Å². The van der Waals surface area contributed by atoms with E-state index in [1.807, 2.05) is 36.4 Å². The zero-order valence-corrected chi connectivity index (χ0v) is 12.7. The molecule has 22 heavy (non-hydrogen) atoms. The molecule has 110 valence electrons. The Morgan fingerprint density at radius 2 is 2.00 bits per heavy atom. The number of amides is 1. The van der Waals surface area contributed by atoms with Crippen molar-refractivity contribution in [2.45, 2.75) is 12.8 Å². The van der Waals surface area contributed by atoms with E-state index in [1.54, 1.807) is 11.0 Å². The van der Waals surface area contributed by atoms with Crippen molar-refractivity contribution >= 4 is 33.0 Å². The summed E-state index contributed by atoms with van der Waals surface area (Å²) in [5.74, 6) is -0.418. The summed E-state index contributed by atoms with van der Waals surface area (Å²) in [4.78, 5) is 15.1. The Morgan fingerprint density at radius 3 is 2.86 bits per heavy atom. The molecule has 2 aromatic carbocycles. The van der Waals surface area contributed by atoms with Gasteiger partial charge in [-0.3, -0.25) is 4.79 Å². The topological polar surface area (TPSA) is 20.3 Å². The first-order chi connectivity index (χ1) is 10.7. The fraction of sp³-hybridized carbons (Fsp3) is 0.167. The van der Waals surface area contributed by atoms with Crippen LogP contribution in [0.2, 0.25) is 0 Å². The van der Waals surface area contributed by atoms with Crippen molar-refractivity contribution in [3.8, 4) is 0 Å². The predicted octanol–water partition coefficient (Wildman–Crippen LogP) is 4.63. The summed E-state index contributed by atoms with van der Waals surface area (Å²) in [5, 5.41) is 1.06. The van der Waals surface area contributed by atoms with Crippen molar-refractivity contribution in [2.75, 3.05) is 11.4 Å². The molecule has 1 aliphatic rings. The summed E-state index contributed by atoms with van der Waals surface area (Å²) in [5.41, 5.74) is 1.37. The highest BCUT2D eigenvalue weighted by Crippen LogP contribution is 2.33. The summed E-state index contributed by atoms with van der Waals surface area (Å²) >= 11 is 1.47. The second-order valence-corrected chi connectivity index (χ2v) is 6.54. The largest absolute Gasteiger partial charge is 0.305 e. The minimum absolute atomic E-state index is 0.104. The molecule has 0 fully saturated rings. The van der Waals surface area contributed by atoms with Gasteiger partial charge in [0.1, 0.15) is 5.82 Å². The van der Waals surface area contributed by atoms with Crippen LogP contribution in [0.5, 0.6) is 0 Å². The highest BCUT2D eigenvalue weighted by molar-refractivity contribution is 7.20. The van der Waals surface area contributed by atoms with Crippen molar-refractivity contribution in [2.24, 2.45) is 0 Å². The van der Waals surface area contributed by atoms with Gasteiger partial charge < -0.3 is 4.90 Å². The molecule has 2 heterocycles. The second-order valence-electron chi connectivity index (χ2n) is 5.46. The molecule has 4 heteroatoms. The fourth-order valence-corrected chi connectivity index (χ4v) is 4.04. The first-order valence-corrected chi connectivity index (χ1v) is 8.13. The van der Waals surface area contributed by atoms with E-state index in [2.05, 4.69) is 0 Å². The van der Waals surface area contributed by atoms with Gasteiger partial charge in [-0.15, -0.1) is 11.3 Å². The maximum atomic E-state index is 14.2. The smallest absolute Gasteiger partial charge is 0.268 e. The van der Waals surface area contributed by atoms with Gasteiger partial charge in [0.15, 0.2) is 0 Å². The van der Waals surface area contributed by atoms with Crippen LogP contribution in [0.25, 0.3) is 10.1 Å². The number of fused-ring (bicyclic) bond motifs is 2. The first kappa shape index (κ1) is 13.5. The minimum Gasteiger partial charge on any atom is -0.305 e. The van der Waals surface area contributed by atoms with Crippen molar-refractivity contribution in [1.82, 2.24) is 0 Å². The molecule has 1 amide bonds. The Labute approximate surface area is 131 Å². The van der Waals surface area contributed by atoms with E-state index in [-0.39, 0.29) is 11.7 Å². The minimum atomic E-state index is -0.313. The summed E-state index contributed by atoms with van der Waals surface area (Å²) < 4.78 is 15.3. The third-order valence-electron chi connectivity index (χ3n) is 4.05. The summed E-state index contributed by atoms with van der Waals surface area (Å²) in [6.07, 6.45) is 1.69. The Bertz CT molecular complexity index is 837. The van der Waals surface area contributed by atoms with E-state index in [0.717, 1.165) is 28.5 Å². The molecule has 0 unspecified atom stereocenters. The third kappa shape index (κ3) is 2.11. The standard InChI is InChI=1S/C18H14FNOS/c19-14-8-3-6-12-7-4-10-20(17(12)14)18(21)16-11-13-5-1-2-9-15(13)22-16/h1-3,5-6,8-9,11H,4,7,10H2. The number of aryl methyl sites for hydroxylation is 1. The van der Waals surface area contributed by atoms with Gasteiger partial charge in [0.25, 0.3) is 5.91 Å². The van der Waals surface area contributed by atoms with E-state index in [0.29, 0.717) is 17.1 Å². The van der Waals surface area contributed by atoms with E-state index < -0.39 is 0 Å². The number of hydrogen-bond acceptors (Lipinski definition) is 2. The zero-order valence-electron chi connectivity index (χ0n) is 11.9. The number of hydrogen-bond donors (Lipinski definition) is 0. The molecule has 1 aliphatic heterocycles. The van der Waals surface area contributed by atoms with Gasteiger partial charge in [-0.05, 0) is 42.0 Å². The molecule has 4 rings (SSSR count). The second kappa shape index (κ2) is 5.21. The molecule has 0 atom stereocenters. The van der Waals surface area contributed by atoms with Crippen molar-refractivity contribution in [3.05, 3.63) is 64.8 Å². The fourth-order valence-electron chi connectivity index (χ4n) is 3.03. The van der Waals surface area contributed by atoms with Crippen LogP contribution < -0.4 is 4.90 Å². The Hall–Kier alpha value is -2.20. The lowest BCUT2D eigenvalue weighted by Crippen LogP contribution is -2.35. The molecular weight excluding hydrogens is 297 g/mol. The van der Waals surface area contributed by atoms with E-state index >= 15 is 0 Å². The molecule has 0 radical (unpaired) electrons. The molecule has 0 aliphatic carbocycles. The lowest BCUT2D eigenvalue weighted by atomic mass is 10.0. The molecule has 0 spiro atoms. The Morgan fingerprint density at radius 1 is 1.14 bits per heavy atom. The van der Waals surface area contributed by atoms with Crippen molar-refractivity contribution in [3.63, 3.8) is 0 Å². The molecule has 0 bridgehead atoms. The first-order valence-electron chi connectivity index (χ1n) is 7.32. The van der Waals surface area contributed by atoms with Crippen molar-refractivity contribution in [1.29, 1.82) is 0 Å². The van der Waals surface area contributed by atoms with Gasteiger partial charge in [0.2, 0.25) is 0 Å². The Balaban J connectivity index is 1.78. The molecule has 2 nitrogen and oxygen atoms in total. The lowest BCUT2D eigenvalue weighted by molar-refractivity contribution is 0.0988. The van der Waals surface area contributed by atoms with Crippen LogP contribution >= 0.6 is 11.3 Å². The van der Waals surface area contributed by atoms with Crippen molar-refractivity contribution < 1.29 is 9.18 Å². The highest BCUT2D eigenvalue weighted by Gasteiger charge is 2.27. The molecular formula is C18H14FNOS. The lowest BCUT2D eigenvalue weighted by Gasteiger charge is -2.29.